The van der Waals surface area contributed by atoms with E-state index >= 15 is 0 Å². The second-order valence-electron chi connectivity index (χ2n) is 5.23. The number of hydrogen-bond acceptors (Lipinski definition) is 2. The summed E-state index contributed by atoms with van der Waals surface area (Å²) in [7, 11) is 0. The van der Waals surface area contributed by atoms with Crippen LogP contribution in [-0.4, -0.2) is 10.9 Å². The molecular weight excluding hydrogens is 343 g/mol. The quantitative estimate of drug-likeness (QED) is 0.675. The number of amides is 1. The first-order valence-corrected chi connectivity index (χ1v) is 8.13. The zero-order chi connectivity index (χ0) is 16.9. The maximum absolute atomic E-state index is 12.6. The van der Waals surface area contributed by atoms with Crippen molar-refractivity contribution in [3.63, 3.8) is 0 Å². The molecule has 0 unspecified atom stereocenters. The molecule has 120 valence electrons. The van der Waals surface area contributed by atoms with E-state index in [0.29, 0.717) is 5.56 Å². The molecule has 0 saturated carbocycles. The molecule has 1 aromatic heterocycles. The Bertz CT molecular complexity index is 779. The molecule has 1 amide bonds. The van der Waals surface area contributed by atoms with Gasteiger partial charge in [-0.05, 0) is 23.3 Å². The summed E-state index contributed by atoms with van der Waals surface area (Å²) in [5.74, 6) is -0.265. The second-order valence-corrected chi connectivity index (χ2v) is 6.00. The van der Waals surface area contributed by atoms with Gasteiger partial charge in [0.15, 0.2) is 0 Å². The highest BCUT2D eigenvalue weighted by molar-refractivity contribution is 6.33. The predicted octanol–water partition coefficient (Wildman–Crippen LogP) is 4.91. The second kappa shape index (κ2) is 7.47. The van der Waals surface area contributed by atoms with Crippen molar-refractivity contribution < 1.29 is 4.79 Å². The zero-order valence-corrected chi connectivity index (χ0v) is 14.1. The van der Waals surface area contributed by atoms with Gasteiger partial charge in [0.25, 0.3) is 5.91 Å². The van der Waals surface area contributed by atoms with Gasteiger partial charge >= 0.3 is 0 Å². The monoisotopic (exact) mass is 356 g/mol. The lowest BCUT2D eigenvalue weighted by molar-refractivity contribution is 0.0943. The third kappa shape index (κ3) is 3.94. The van der Waals surface area contributed by atoms with Crippen LogP contribution in [0.15, 0.2) is 72.8 Å². The minimum absolute atomic E-state index is 0.184. The predicted molar refractivity (Wildman–Crippen MR) is 96.5 cm³/mol. The lowest BCUT2D eigenvalue weighted by atomic mass is 9.98. The Labute approximate surface area is 150 Å². The molecular formula is C19H14Cl2N2O. The van der Waals surface area contributed by atoms with E-state index in [1.54, 1.807) is 0 Å². The maximum Gasteiger partial charge on any atom is 0.252 e. The Balaban J connectivity index is 1.93. The fourth-order valence-electron chi connectivity index (χ4n) is 2.46. The van der Waals surface area contributed by atoms with Gasteiger partial charge in [0.1, 0.15) is 10.3 Å². The number of hydrogen-bond donors (Lipinski definition) is 1. The van der Waals surface area contributed by atoms with Crippen molar-refractivity contribution in [3.8, 4) is 0 Å². The average Bonchev–Trinajstić information content (AvgIpc) is 2.60. The van der Waals surface area contributed by atoms with Crippen molar-refractivity contribution in [3.05, 3.63) is 99.8 Å². The van der Waals surface area contributed by atoms with Gasteiger partial charge in [-0.15, -0.1) is 0 Å². The van der Waals surface area contributed by atoms with Crippen molar-refractivity contribution in [1.82, 2.24) is 10.3 Å². The normalized spacial score (nSPS) is 10.6. The highest BCUT2D eigenvalue weighted by Crippen LogP contribution is 2.23. The molecule has 0 radical (unpaired) electrons. The number of rotatable bonds is 4. The van der Waals surface area contributed by atoms with Crippen LogP contribution in [0, 0.1) is 0 Å². The Morgan fingerprint density at radius 2 is 1.29 bits per heavy atom. The van der Waals surface area contributed by atoms with E-state index < -0.39 is 0 Å². The molecule has 0 aliphatic heterocycles. The standard InChI is InChI=1S/C19H14Cl2N2O/c20-16-11-15(12-17(21)22-16)19(24)23-18(13-7-3-1-4-8-13)14-9-5-2-6-10-14/h1-12,18H,(H,23,24). The van der Waals surface area contributed by atoms with E-state index in [1.165, 1.54) is 12.1 Å². The molecule has 24 heavy (non-hydrogen) atoms. The molecule has 0 saturated heterocycles. The first kappa shape index (κ1) is 16.5. The number of carbonyl (C=O) groups is 1. The van der Waals surface area contributed by atoms with Gasteiger partial charge in [0.05, 0.1) is 6.04 Å². The fraction of sp³-hybridized carbons (Fsp3) is 0.0526. The first-order valence-electron chi connectivity index (χ1n) is 7.37. The summed E-state index contributed by atoms with van der Waals surface area (Å²) >= 11 is 11.8. The number of nitrogens with one attached hydrogen (secondary N) is 1. The summed E-state index contributed by atoms with van der Waals surface area (Å²) in [6, 6.07) is 22.3. The summed E-state index contributed by atoms with van der Waals surface area (Å²) < 4.78 is 0. The lowest BCUT2D eigenvalue weighted by Crippen LogP contribution is -2.29. The van der Waals surface area contributed by atoms with Gasteiger partial charge < -0.3 is 5.32 Å². The van der Waals surface area contributed by atoms with Gasteiger partial charge in [-0.25, -0.2) is 4.98 Å². The highest BCUT2D eigenvalue weighted by Gasteiger charge is 2.18. The Hall–Kier alpha value is -2.36. The van der Waals surface area contributed by atoms with E-state index in [9.17, 15) is 4.79 Å². The van der Waals surface area contributed by atoms with Crippen LogP contribution in [0.5, 0.6) is 0 Å². The summed E-state index contributed by atoms with van der Waals surface area (Å²) in [6.45, 7) is 0. The summed E-state index contributed by atoms with van der Waals surface area (Å²) in [6.07, 6.45) is 0. The number of aromatic nitrogens is 1. The number of carbonyl (C=O) groups excluding carboxylic acids is 1. The van der Waals surface area contributed by atoms with Crippen molar-refractivity contribution in [2.45, 2.75) is 6.04 Å². The van der Waals surface area contributed by atoms with Crippen LogP contribution in [0.4, 0.5) is 0 Å². The van der Waals surface area contributed by atoms with Crippen molar-refractivity contribution in [2.24, 2.45) is 0 Å². The highest BCUT2D eigenvalue weighted by atomic mass is 35.5. The van der Waals surface area contributed by atoms with Gasteiger partial charge in [-0.3, -0.25) is 4.79 Å². The van der Waals surface area contributed by atoms with Crippen LogP contribution in [0.25, 0.3) is 0 Å². The molecule has 0 bridgehead atoms. The average molecular weight is 357 g/mol. The van der Waals surface area contributed by atoms with Crippen LogP contribution in [0.3, 0.4) is 0 Å². The number of pyridine rings is 1. The van der Waals surface area contributed by atoms with Crippen LogP contribution in [0.1, 0.15) is 27.5 Å². The molecule has 0 atom stereocenters. The molecule has 1 N–H and O–H groups in total. The van der Waals surface area contributed by atoms with Crippen LogP contribution in [0.2, 0.25) is 10.3 Å². The third-order valence-electron chi connectivity index (χ3n) is 3.57. The molecule has 0 spiro atoms. The maximum atomic E-state index is 12.6. The van der Waals surface area contributed by atoms with E-state index in [2.05, 4.69) is 10.3 Å². The molecule has 0 fully saturated rings. The van der Waals surface area contributed by atoms with Crippen molar-refractivity contribution in [2.75, 3.05) is 0 Å². The number of benzene rings is 2. The fourth-order valence-corrected chi connectivity index (χ4v) is 2.92. The third-order valence-corrected chi connectivity index (χ3v) is 3.95. The first-order chi connectivity index (χ1) is 11.6. The summed E-state index contributed by atoms with van der Waals surface area (Å²) in [5, 5.41) is 3.40. The molecule has 1 heterocycles. The Kier molecular flexibility index (Phi) is 5.14. The largest absolute Gasteiger partial charge is 0.341 e. The van der Waals surface area contributed by atoms with Gasteiger partial charge in [-0.2, -0.15) is 0 Å². The van der Waals surface area contributed by atoms with E-state index in [4.69, 9.17) is 23.2 Å². The zero-order valence-electron chi connectivity index (χ0n) is 12.6. The van der Waals surface area contributed by atoms with Crippen molar-refractivity contribution in [1.29, 1.82) is 0 Å². The van der Waals surface area contributed by atoms with Crippen LogP contribution >= 0.6 is 23.2 Å². The van der Waals surface area contributed by atoms with E-state index in [1.807, 2.05) is 60.7 Å². The molecule has 3 rings (SSSR count). The number of nitrogens with zero attached hydrogens (tertiary/aromatic N) is 1. The van der Waals surface area contributed by atoms with Crippen molar-refractivity contribution >= 4 is 29.1 Å². The van der Waals surface area contributed by atoms with Gasteiger partial charge in [0, 0.05) is 5.56 Å². The molecule has 2 aromatic carbocycles. The molecule has 0 aliphatic carbocycles. The van der Waals surface area contributed by atoms with Gasteiger partial charge in [0.2, 0.25) is 0 Å². The molecule has 3 aromatic rings. The summed E-state index contributed by atoms with van der Waals surface area (Å²) in [5.41, 5.74) is 2.35. The van der Waals surface area contributed by atoms with Gasteiger partial charge in [-0.1, -0.05) is 83.9 Å². The molecule has 0 aliphatic rings. The minimum Gasteiger partial charge on any atom is -0.341 e. The van der Waals surface area contributed by atoms with E-state index in [0.717, 1.165) is 11.1 Å². The topological polar surface area (TPSA) is 42.0 Å². The molecule has 5 heteroatoms. The Morgan fingerprint density at radius 3 is 1.75 bits per heavy atom. The SMILES string of the molecule is O=C(NC(c1ccccc1)c1ccccc1)c1cc(Cl)nc(Cl)c1. The molecule has 3 nitrogen and oxygen atoms in total. The van der Waals surface area contributed by atoms with Crippen LogP contribution < -0.4 is 5.32 Å². The lowest BCUT2D eigenvalue weighted by Gasteiger charge is -2.20. The summed E-state index contributed by atoms with van der Waals surface area (Å²) in [4.78, 5) is 16.5. The Morgan fingerprint density at radius 1 is 0.833 bits per heavy atom. The minimum atomic E-state index is -0.273. The van der Waals surface area contributed by atoms with Crippen LogP contribution in [-0.2, 0) is 0 Å². The number of halogens is 2. The van der Waals surface area contributed by atoms with E-state index in [-0.39, 0.29) is 22.3 Å². The smallest absolute Gasteiger partial charge is 0.252 e.